The third kappa shape index (κ3) is 16.4. The number of nitrogens with zero attached hydrogens (tertiary/aromatic N) is 7. The van der Waals surface area contributed by atoms with E-state index in [1.54, 1.807) is 6.07 Å². The number of pyridine rings is 2. The van der Waals surface area contributed by atoms with Crippen molar-refractivity contribution in [2.45, 2.75) is 117 Å². The molecule has 0 spiro atoms. The van der Waals surface area contributed by atoms with Gasteiger partial charge in [0.25, 0.3) is 0 Å². The van der Waals surface area contributed by atoms with E-state index in [-0.39, 0.29) is 55.5 Å². The van der Waals surface area contributed by atoms with Crippen LogP contribution in [0.2, 0.25) is 0 Å². The topological polar surface area (TPSA) is 94.6 Å². The molecule has 0 radical (unpaired) electrons. The summed E-state index contributed by atoms with van der Waals surface area (Å²) in [5.74, 6) is 1.57. The molecule has 6 aromatic rings. The molecule has 1 saturated carbocycles. The maximum Gasteiger partial charge on any atom is 0.416 e. The second kappa shape index (κ2) is 26.9. The molecule has 2 fully saturated rings. The minimum Gasteiger partial charge on any atom is -0.450 e. The van der Waals surface area contributed by atoms with Crippen molar-refractivity contribution in [3.8, 4) is 0 Å². The van der Waals surface area contributed by atoms with Gasteiger partial charge in [0.2, 0.25) is 0 Å². The third-order valence-corrected chi connectivity index (χ3v) is 15.5. The molecule has 2 aliphatic rings. The number of alkyl halides is 12. The van der Waals surface area contributed by atoms with Crippen molar-refractivity contribution in [2.24, 2.45) is 11.8 Å². The average Bonchev–Trinajstić information content (AvgIpc) is 2.41. The molecule has 1 aliphatic carbocycles. The van der Waals surface area contributed by atoms with Crippen LogP contribution < -0.4 is 9.80 Å². The lowest BCUT2D eigenvalue weighted by molar-refractivity contribution is -0.144. The number of anilines is 2. The standard InChI is InChI=1S/C61H67F12N7O4/c1-4-7-21-77(5-2)54-46(31-44-12-8-10-14-52(44)74-54)38-80(37-43-29-50(60(68,69)70)34-51(30-43)61(71,72)73)57(82)84-26-20-40-16-18-41(19-17-40)35-76-22-24-78(25-23-76)55-47(32-45-13-9-11-15-53(45)75-55)39-79(56(81)83-6-3)36-42-27-48(58(62,63)64)33-49(28-42)59(65,66)67/h8-15,27-34,40-41H,4-7,16-26,35-39H2,1-3H3. The molecule has 0 bridgehead atoms. The minimum absolute atomic E-state index is 0.0317. The summed E-state index contributed by atoms with van der Waals surface area (Å²) in [6.07, 6.45) is -16.6. The smallest absolute Gasteiger partial charge is 0.416 e. The highest BCUT2D eigenvalue weighted by atomic mass is 19.4. The van der Waals surface area contributed by atoms with Gasteiger partial charge in [0.05, 0.1) is 59.6 Å². The van der Waals surface area contributed by atoms with E-state index in [9.17, 15) is 62.3 Å². The van der Waals surface area contributed by atoms with Gasteiger partial charge >= 0.3 is 36.9 Å². The zero-order valence-electron chi connectivity index (χ0n) is 46.8. The maximum absolute atomic E-state index is 14.2. The first-order valence-corrected chi connectivity index (χ1v) is 28.2. The first-order chi connectivity index (χ1) is 39.8. The monoisotopic (exact) mass is 1190 g/mol. The van der Waals surface area contributed by atoms with E-state index >= 15 is 0 Å². The molecule has 4 aromatic carbocycles. The summed E-state index contributed by atoms with van der Waals surface area (Å²) >= 11 is 0. The Morgan fingerprint density at radius 1 is 0.560 bits per heavy atom. The van der Waals surface area contributed by atoms with Crippen LogP contribution >= 0.6 is 0 Å². The van der Waals surface area contributed by atoms with E-state index in [4.69, 9.17) is 19.4 Å². The lowest BCUT2D eigenvalue weighted by Gasteiger charge is -2.39. The second-order valence-electron chi connectivity index (χ2n) is 21.6. The van der Waals surface area contributed by atoms with Crippen molar-refractivity contribution < 1.29 is 71.7 Å². The molecule has 1 aliphatic heterocycles. The zero-order valence-corrected chi connectivity index (χ0v) is 46.8. The number of fused-ring (bicyclic) bond motifs is 2. The zero-order chi connectivity index (χ0) is 60.6. The highest BCUT2D eigenvalue weighted by Crippen LogP contribution is 2.40. The first kappa shape index (κ1) is 63.0. The number of carbonyl (C=O) groups is 2. The Kier molecular flexibility index (Phi) is 20.2. The van der Waals surface area contributed by atoms with Gasteiger partial charge in [0.15, 0.2) is 0 Å². The lowest BCUT2D eigenvalue weighted by Crippen LogP contribution is -2.48. The number of para-hydroxylation sites is 2. The largest absolute Gasteiger partial charge is 0.450 e. The van der Waals surface area contributed by atoms with Gasteiger partial charge in [0.1, 0.15) is 11.6 Å². The number of carbonyl (C=O) groups excluding carboxylic acids is 2. The Balaban J connectivity index is 0.910. The first-order valence-electron chi connectivity index (χ1n) is 28.2. The highest BCUT2D eigenvalue weighted by molar-refractivity contribution is 5.83. The van der Waals surface area contributed by atoms with Gasteiger partial charge in [-0.2, -0.15) is 52.7 Å². The Hall–Kier alpha value is -7.04. The van der Waals surface area contributed by atoms with Crippen molar-refractivity contribution in [1.82, 2.24) is 24.7 Å². The van der Waals surface area contributed by atoms with Crippen LogP contribution in [-0.4, -0.2) is 95.9 Å². The SMILES string of the molecule is CCCCN(CC)c1nc2ccccc2cc1CN(Cc1cc(C(F)(F)F)cc(C(F)(F)F)c1)C(=O)OCCC1CCC(CN2CCN(c3nc4ccccc4cc3CN(Cc3cc(C(F)(F)F)cc(C(F)(F)F)c3)C(=O)OCC)CC2)CC1. The quantitative estimate of drug-likeness (QED) is 0.0693. The summed E-state index contributed by atoms with van der Waals surface area (Å²) < 4.78 is 179. The van der Waals surface area contributed by atoms with E-state index in [0.29, 0.717) is 115 Å². The fourth-order valence-corrected chi connectivity index (χ4v) is 11.1. The fraction of sp³-hybridized carbons (Fsp3) is 0.475. The molecular formula is C61H67F12N7O4. The number of rotatable bonds is 20. The number of ether oxygens (including phenoxy) is 2. The van der Waals surface area contributed by atoms with Crippen molar-refractivity contribution in [3.63, 3.8) is 0 Å². The van der Waals surface area contributed by atoms with Crippen LogP contribution in [0, 0.1) is 11.8 Å². The number of amides is 2. The van der Waals surface area contributed by atoms with Crippen molar-refractivity contribution in [1.29, 1.82) is 0 Å². The fourth-order valence-electron chi connectivity index (χ4n) is 11.1. The Bertz CT molecular complexity index is 3150. The summed E-state index contributed by atoms with van der Waals surface area (Å²) in [6.45, 7) is 7.96. The molecule has 2 aromatic heterocycles. The maximum atomic E-state index is 14.2. The molecule has 0 atom stereocenters. The Morgan fingerprint density at radius 2 is 1.02 bits per heavy atom. The van der Waals surface area contributed by atoms with E-state index in [0.717, 1.165) is 60.3 Å². The van der Waals surface area contributed by atoms with Gasteiger partial charge in [-0.1, -0.05) is 62.6 Å². The van der Waals surface area contributed by atoms with Crippen molar-refractivity contribution >= 4 is 45.6 Å². The van der Waals surface area contributed by atoms with Crippen LogP contribution in [0.5, 0.6) is 0 Å². The molecule has 454 valence electrons. The predicted molar refractivity (Wildman–Crippen MR) is 295 cm³/mol. The Labute approximate surface area is 479 Å². The van der Waals surface area contributed by atoms with E-state index in [1.807, 2.05) is 73.3 Å². The van der Waals surface area contributed by atoms with Crippen molar-refractivity contribution in [3.05, 3.63) is 142 Å². The summed E-state index contributed by atoms with van der Waals surface area (Å²) in [6, 6.07) is 20.7. The molecule has 0 unspecified atom stereocenters. The normalized spacial score (nSPS) is 16.5. The summed E-state index contributed by atoms with van der Waals surface area (Å²) in [5, 5.41) is 1.44. The van der Waals surface area contributed by atoms with Gasteiger partial charge in [-0.05, 0) is 123 Å². The predicted octanol–water partition coefficient (Wildman–Crippen LogP) is 15.8. The summed E-state index contributed by atoms with van der Waals surface area (Å²) in [7, 11) is 0. The number of hydrogen-bond acceptors (Lipinski definition) is 9. The van der Waals surface area contributed by atoms with Crippen molar-refractivity contribution in [2.75, 3.05) is 68.8 Å². The van der Waals surface area contributed by atoms with Crippen LogP contribution in [0.1, 0.15) is 110 Å². The number of hydrogen-bond donors (Lipinski definition) is 0. The lowest BCUT2D eigenvalue weighted by atomic mass is 9.80. The van der Waals surface area contributed by atoms with Gasteiger partial charge < -0.3 is 19.3 Å². The summed E-state index contributed by atoms with van der Waals surface area (Å²) in [4.78, 5) is 46.1. The number of unbranched alkanes of at least 4 members (excludes halogenated alkanes) is 1. The highest BCUT2D eigenvalue weighted by Gasteiger charge is 2.39. The number of piperazine rings is 1. The molecule has 2 amide bonds. The molecule has 1 saturated heterocycles. The van der Waals surface area contributed by atoms with Crippen LogP contribution in [0.3, 0.4) is 0 Å². The van der Waals surface area contributed by atoms with Crippen LogP contribution in [0.15, 0.2) is 97.1 Å². The van der Waals surface area contributed by atoms with Gasteiger partial charge in [-0.25, -0.2) is 19.6 Å². The van der Waals surface area contributed by atoms with Crippen LogP contribution in [0.4, 0.5) is 73.9 Å². The Morgan fingerprint density at radius 3 is 1.51 bits per heavy atom. The minimum atomic E-state index is -5.10. The number of aromatic nitrogens is 2. The molecule has 8 rings (SSSR count). The molecule has 23 heteroatoms. The molecule has 11 nitrogen and oxygen atoms in total. The van der Waals surface area contributed by atoms with E-state index in [2.05, 4.69) is 9.80 Å². The number of benzene rings is 4. The molecule has 3 heterocycles. The average molecular weight is 1190 g/mol. The second-order valence-corrected chi connectivity index (χ2v) is 21.6. The molecular weight excluding hydrogens is 1120 g/mol. The van der Waals surface area contributed by atoms with Gasteiger partial charge in [-0.3, -0.25) is 14.7 Å². The van der Waals surface area contributed by atoms with Gasteiger partial charge in [0, 0.05) is 80.8 Å². The van der Waals surface area contributed by atoms with E-state index < -0.39 is 72.2 Å². The van der Waals surface area contributed by atoms with Gasteiger partial charge in [-0.15, -0.1) is 0 Å². The van der Waals surface area contributed by atoms with Crippen LogP contribution in [-0.2, 0) is 60.4 Å². The molecule has 0 N–H and O–H groups in total. The number of halogens is 12. The van der Waals surface area contributed by atoms with Crippen LogP contribution in [0.25, 0.3) is 21.8 Å². The third-order valence-electron chi connectivity index (χ3n) is 15.5. The molecule has 84 heavy (non-hydrogen) atoms. The summed E-state index contributed by atoms with van der Waals surface area (Å²) in [5.41, 5.74) is -4.37. The van der Waals surface area contributed by atoms with E-state index in [1.165, 1.54) is 6.92 Å².